The highest BCUT2D eigenvalue weighted by molar-refractivity contribution is 5.93. The van der Waals surface area contributed by atoms with Gasteiger partial charge in [0.1, 0.15) is 17.2 Å². The number of rotatable bonds is 22. The number of esters is 4. The Bertz CT molecular complexity index is 1430. The van der Waals surface area contributed by atoms with Crippen molar-refractivity contribution >= 4 is 23.9 Å². The van der Waals surface area contributed by atoms with Gasteiger partial charge >= 0.3 is 23.9 Å². The fourth-order valence-electron chi connectivity index (χ4n) is 4.86. The molecule has 0 spiro atoms. The zero-order chi connectivity index (χ0) is 35.3. The number of hydrogen-bond donors (Lipinski definition) is 0. The van der Waals surface area contributed by atoms with E-state index in [1.54, 1.807) is 24.3 Å². The fraction of sp³-hybridized carbons (Fsp3) is 0.450. The Kier molecular flexibility index (Phi) is 17.5. The van der Waals surface area contributed by atoms with E-state index in [4.69, 9.17) is 23.7 Å². The van der Waals surface area contributed by atoms with Crippen LogP contribution in [0.25, 0.3) is 0 Å². The van der Waals surface area contributed by atoms with Gasteiger partial charge < -0.3 is 23.7 Å². The van der Waals surface area contributed by atoms with Crippen LogP contribution in [0.3, 0.4) is 0 Å². The summed E-state index contributed by atoms with van der Waals surface area (Å²) in [6, 6.07) is 18.6. The third-order valence-corrected chi connectivity index (χ3v) is 7.82. The van der Waals surface area contributed by atoms with Gasteiger partial charge in [0, 0.05) is 0 Å². The van der Waals surface area contributed by atoms with Crippen LogP contribution in [-0.2, 0) is 14.3 Å². The van der Waals surface area contributed by atoms with Crippen molar-refractivity contribution in [3.63, 3.8) is 0 Å². The molecule has 3 aromatic rings. The minimum absolute atomic E-state index is 0.189. The summed E-state index contributed by atoms with van der Waals surface area (Å²) in [7, 11) is 0. The first-order valence-corrected chi connectivity index (χ1v) is 17.6. The highest BCUT2D eigenvalue weighted by Gasteiger charge is 2.20. The molecule has 0 radical (unpaired) electrons. The molecule has 1 atom stereocenters. The Hall–Kier alpha value is -4.66. The first kappa shape index (κ1) is 38.8. The number of carbonyl (C=O) groups is 4. The minimum Gasteiger partial charge on any atom is -0.494 e. The lowest BCUT2D eigenvalue weighted by Crippen LogP contribution is -2.26. The molecule has 0 aliphatic rings. The van der Waals surface area contributed by atoms with Gasteiger partial charge in [-0.25, -0.2) is 19.2 Å². The molecule has 3 aromatic carbocycles. The molecule has 0 saturated heterocycles. The topological polar surface area (TPSA) is 114 Å². The normalized spacial score (nSPS) is 11.3. The van der Waals surface area contributed by atoms with Gasteiger partial charge in [0.2, 0.25) is 0 Å². The van der Waals surface area contributed by atoms with Crippen molar-refractivity contribution in [3.05, 3.63) is 89.5 Å². The molecule has 0 unspecified atom stereocenters. The SMILES string of the molecule is CCCCCCCCCCOc1ccc(C(=O)Oc2ccc(C(=O)Oc3ccc(C(=O)O[C@@H](C)C(=O)OCCCCCC)cc3)cc2)cc1. The third-order valence-electron chi connectivity index (χ3n) is 7.82. The molecule has 0 bridgehead atoms. The molecule has 0 N–H and O–H groups in total. The molecule has 0 aliphatic heterocycles. The maximum Gasteiger partial charge on any atom is 0.347 e. The van der Waals surface area contributed by atoms with E-state index in [-0.39, 0.29) is 22.6 Å². The molecule has 0 aliphatic carbocycles. The van der Waals surface area contributed by atoms with Crippen molar-refractivity contribution in [1.29, 1.82) is 0 Å². The van der Waals surface area contributed by atoms with E-state index in [9.17, 15) is 19.2 Å². The van der Waals surface area contributed by atoms with Gasteiger partial charge in [-0.2, -0.15) is 0 Å². The number of hydrogen-bond acceptors (Lipinski definition) is 9. The zero-order valence-electron chi connectivity index (χ0n) is 29.1. The van der Waals surface area contributed by atoms with E-state index in [0.717, 1.165) is 38.5 Å². The summed E-state index contributed by atoms with van der Waals surface area (Å²) in [5.41, 5.74) is 0.806. The summed E-state index contributed by atoms with van der Waals surface area (Å²) >= 11 is 0. The second-order valence-corrected chi connectivity index (χ2v) is 12.0. The average molecular weight is 675 g/mol. The Morgan fingerprint density at radius 3 is 1.37 bits per heavy atom. The van der Waals surface area contributed by atoms with Crippen LogP contribution < -0.4 is 14.2 Å². The Labute approximate surface area is 290 Å². The van der Waals surface area contributed by atoms with Gasteiger partial charge in [-0.3, -0.25) is 0 Å². The highest BCUT2D eigenvalue weighted by atomic mass is 16.6. The van der Waals surface area contributed by atoms with E-state index in [0.29, 0.717) is 24.5 Å². The molecule has 0 saturated carbocycles. The lowest BCUT2D eigenvalue weighted by Gasteiger charge is -2.13. The second-order valence-electron chi connectivity index (χ2n) is 12.0. The molecule has 9 heteroatoms. The molecular weight excluding hydrogens is 624 g/mol. The third kappa shape index (κ3) is 14.6. The van der Waals surface area contributed by atoms with Gasteiger partial charge in [0.15, 0.2) is 6.10 Å². The summed E-state index contributed by atoms with van der Waals surface area (Å²) in [6.07, 6.45) is 12.7. The lowest BCUT2D eigenvalue weighted by molar-refractivity contribution is -0.153. The first-order valence-electron chi connectivity index (χ1n) is 17.6. The van der Waals surface area contributed by atoms with Crippen molar-refractivity contribution in [3.8, 4) is 17.2 Å². The molecule has 0 aromatic heterocycles. The molecule has 9 nitrogen and oxygen atoms in total. The monoisotopic (exact) mass is 674 g/mol. The summed E-state index contributed by atoms with van der Waals surface area (Å²) in [4.78, 5) is 49.9. The molecule has 49 heavy (non-hydrogen) atoms. The van der Waals surface area contributed by atoms with E-state index >= 15 is 0 Å². The number of carbonyl (C=O) groups excluding carboxylic acids is 4. The standard InChI is InChI=1S/C40H50O9/c1-4-6-8-10-11-12-13-15-28-45-34-22-16-32(17-23-34)39(43)48-36-26-20-33(21-27-36)40(44)49-35-24-18-31(19-25-35)38(42)47-30(3)37(41)46-29-14-9-7-5-2/h16-27,30H,4-15,28-29H2,1-3H3/t30-/m0/s1. The predicted molar refractivity (Wildman–Crippen MR) is 187 cm³/mol. The first-order chi connectivity index (χ1) is 23.8. The van der Waals surface area contributed by atoms with Crippen molar-refractivity contribution < 1.29 is 42.9 Å². The van der Waals surface area contributed by atoms with Crippen molar-refractivity contribution in [1.82, 2.24) is 0 Å². The minimum atomic E-state index is -1.05. The summed E-state index contributed by atoms with van der Waals surface area (Å²) in [5.74, 6) is -1.27. The smallest absolute Gasteiger partial charge is 0.347 e. The van der Waals surface area contributed by atoms with Gasteiger partial charge in [-0.15, -0.1) is 0 Å². The number of benzene rings is 3. The molecule has 264 valence electrons. The van der Waals surface area contributed by atoms with Crippen LogP contribution in [0.1, 0.15) is 129 Å². The lowest BCUT2D eigenvalue weighted by atomic mass is 10.1. The molecule has 0 fully saturated rings. The van der Waals surface area contributed by atoms with Crippen LogP contribution in [0, 0.1) is 0 Å². The van der Waals surface area contributed by atoms with Crippen molar-refractivity contribution in [2.45, 2.75) is 104 Å². The maximum absolute atomic E-state index is 12.7. The molecule has 0 amide bonds. The number of unbranched alkanes of at least 4 members (excludes halogenated alkanes) is 10. The zero-order valence-corrected chi connectivity index (χ0v) is 29.1. The van der Waals surface area contributed by atoms with E-state index in [1.807, 2.05) is 0 Å². The highest BCUT2D eigenvalue weighted by Crippen LogP contribution is 2.20. The Balaban J connectivity index is 1.38. The summed E-state index contributed by atoms with van der Waals surface area (Å²) in [6.45, 7) is 6.72. The maximum atomic E-state index is 12.7. The Morgan fingerprint density at radius 1 is 0.490 bits per heavy atom. The average Bonchev–Trinajstić information content (AvgIpc) is 3.11. The van der Waals surface area contributed by atoms with Gasteiger partial charge in [0.25, 0.3) is 0 Å². The van der Waals surface area contributed by atoms with Crippen molar-refractivity contribution in [2.75, 3.05) is 13.2 Å². The van der Waals surface area contributed by atoms with Crippen LogP contribution >= 0.6 is 0 Å². The van der Waals surface area contributed by atoms with Crippen LogP contribution in [0.4, 0.5) is 0 Å². The molecule has 3 rings (SSSR count). The van der Waals surface area contributed by atoms with Gasteiger partial charge in [-0.05, 0) is 92.6 Å². The summed E-state index contributed by atoms with van der Waals surface area (Å²) < 4.78 is 27.1. The van der Waals surface area contributed by atoms with Crippen LogP contribution in [0.15, 0.2) is 72.8 Å². The fourth-order valence-corrected chi connectivity index (χ4v) is 4.86. The quantitative estimate of drug-likeness (QED) is 0.0584. The van der Waals surface area contributed by atoms with Gasteiger partial charge in [0.05, 0.1) is 29.9 Å². The van der Waals surface area contributed by atoms with E-state index < -0.39 is 30.0 Å². The largest absolute Gasteiger partial charge is 0.494 e. The van der Waals surface area contributed by atoms with Crippen LogP contribution in [0.2, 0.25) is 0 Å². The van der Waals surface area contributed by atoms with E-state index in [2.05, 4.69) is 13.8 Å². The van der Waals surface area contributed by atoms with E-state index in [1.165, 1.54) is 94.0 Å². The Morgan fingerprint density at radius 2 is 0.878 bits per heavy atom. The molecule has 0 heterocycles. The van der Waals surface area contributed by atoms with Crippen LogP contribution in [0.5, 0.6) is 17.2 Å². The van der Waals surface area contributed by atoms with Gasteiger partial charge in [-0.1, -0.05) is 78.1 Å². The molecular formula is C40H50O9. The number of ether oxygens (including phenoxy) is 5. The van der Waals surface area contributed by atoms with Crippen LogP contribution in [-0.4, -0.2) is 43.2 Å². The summed E-state index contributed by atoms with van der Waals surface area (Å²) in [5, 5.41) is 0. The second kappa shape index (κ2) is 22.1. The van der Waals surface area contributed by atoms with Crippen molar-refractivity contribution in [2.24, 2.45) is 0 Å². The predicted octanol–water partition coefficient (Wildman–Crippen LogP) is 9.31.